The minimum atomic E-state index is -1.41. The van der Waals surface area contributed by atoms with Crippen LogP contribution in [0, 0.1) is 0 Å². The number of ether oxygens (including phenoxy) is 2. The maximum atomic E-state index is 11.8. The second-order valence-corrected chi connectivity index (χ2v) is 6.20. The van der Waals surface area contributed by atoms with E-state index in [1.165, 1.54) is 0 Å². The summed E-state index contributed by atoms with van der Waals surface area (Å²) in [6, 6.07) is -1.41. The summed E-state index contributed by atoms with van der Waals surface area (Å²) in [5.41, 5.74) is -0.776. The van der Waals surface area contributed by atoms with Crippen molar-refractivity contribution in [3.05, 3.63) is 0 Å². The van der Waals surface area contributed by atoms with E-state index >= 15 is 0 Å². The Morgan fingerprint density at radius 3 is 2.52 bits per heavy atom. The van der Waals surface area contributed by atoms with Gasteiger partial charge in [-0.15, -0.1) is 0 Å². The summed E-state index contributed by atoms with van der Waals surface area (Å²) < 4.78 is 9.87. The Balaban J connectivity index is 2.42. The summed E-state index contributed by atoms with van der Waals surface area (Å²) in [7, 11) is 0. The fraction of sp³-hybridized carbons (Fsp3) is 0.714. The van der Waals surface area contributed by atoms with Crippen molar-refractivity contribution in [2.45, 2.75) is 57.8 Å². The summed E-state index contributed by atoms with van der Waals surface area (Å²) in [5.74, 6) is -2.24. The monoisotopic (exact) mass is 330 g/mol. The van der Waals surface area contributed by atoms with E-state index in [1.54, 1.807) is 20.8 Å². The van der Waals surface area contributed by atoms with Crippen molar-refractivity contribution in [1.82, 2.24) is 10.6 Å². The smallest absolute Gasteiger partial charge is 0.408 e. The van der Waals surface area contributed by atoms with Crippen LogP contribution < -0.4 is 10.6 Å². The van der Waals surface area contributed by atoms with Crippen molar-refractivity contribution in [2.24, 2.45) is 0 Å². The van der Waals surface area contributed by atoms with Crippen LogP contribution in [0.1, 0.15) is 40.0 Å². The van der Waals surface area contributed by atoms with Crippen LogP contribution in [0.2, 0.25) is 0 Å². The molecule has 9 heteroatoms. The molecule has 1 aliphatic rings. The Kier molecular flexibility index (Phi) is 6.35. The molecule has 23 heavy (non-hydrogen) atoms. The fourth-order valence-electron chi connectivity index (χ4n) is 1.86. The first-order valence-electron chi connectivity index (χ1n) is 7.25. The van der Waals surface area contributed by atoms with E-state index in [2.05, 4.69) is 10.6 Å². The molecule has 2 atom stereocenters. The predicted molar refractivity (Wildman–Crippen MR) is 77.5 cm³/mol. The van der Waals surface area contributed by atoms with Crippen LogP contribution in [0.5, 0.6) is 0 Å². The number of carbonyl (C=O) groups excluding carboxylic acids is 3. The standard InChI is InChI=1S/C14H22N2O7/c1-14(2,3)23-13(21)16-9(12(19)20)6-10(17)15-7-8-4-5-11(18)22-8/h8-9H,4-7H2,1-3H3,(H,15,17)(H,16,21)(H,19,20)/t8-,9-/m0/s1. The maximum absolute atomic E-state index is 11.8. The quantitative estimate of drug-likeness (QED) is 0.592. The van der Waals surface area contributed by atoms with Crippen LogP contribution >= 0.6 is 0 Å². The molecule has 1 heterocycles. The molecule has 2 amide bonds. The van der Waals surface area contributed by atoms with E-state index in [9.17, 15) is 19.2 Å². The summed E-state index contributed by atoms with van der Waals surface area (Å²) in [6.45, 7) is 5.03. The Labute approximate surface area is 133 Å². The Hall–Kier alpha value is -2.32. The van der Waals surface area contributed by atoms with Crippen LogP contribution in [0.3, 0.4) is 0 Å². The van der Waals surface area contributed by atoms with E-state index in [1.807, 2.05) is 0 Å². The van der Waals surface area contributed by atoms with Gasteiger partial charge in [0.15, 0.2) is 0 Å². The van der Waals surface area contributed by atoms with Crippen LogP contribution in [0.25, 0.3) is 0 Å². The molecular formula is C14H22N2O7. The van der Waals surface area contributed by atoms with Gasteiger partial charge < -0.3 is 25.2 Å². The molecule has 9 nitrogen and oxygen atoms in total. The zero-order valence-corrected chi connectivity index (χ0v) is 13.4. The molecule has 0 aromatic rings. The maximum Gasteiger partial charge on any atom is 0.408 e. The molecule has 0 saturated carbocycles. The number of carbonyl (C=O) groups is 4. The second-order valence-electron chi connectivity index (χ2n) is 6.20. The van der Waals surface area contributed by atoms with Gasteiger partial charge in [0.1, 0.15) is 17.7 Å². The lowest BCUT2D eigenvalue weighted by atomic mass is 10.2. The van der Waals surface area contributed by atoms with Crippen molar-refractivity contribution < 1.29 is 33.8 Å². The van der Waals surface area contributed by atoms with Gasteiger partial charge >= 0.3 is 18.0 Å². The first-order chi connectivity index (χ1) is 10.6. The number of rotatable bonds is 6. The average molecular weight is 330 g/mol. The Bertz CT molecular complexity index is 484. The molecule has 0 unspecified atom stereocenters. The number of hydrogen-bond donors (Lipinski definition) is 3. The topological polar surface area (TPSA) is 131 Å². The van der Waals surface area contributed by atoms with Crippen molar-refractivity contribution in [3.63, 3.8) is 0 Å². The van der Waals surface area contributed by atoms with E-state index in [0.717, 1.165) is 0 Å². The summed E-state index contributed by atoms with van der Waals surface area (Å²) in [5, 5.41) is 13.7. The lowest BCUT2D eigenvalue weighted by Gasteiger charge is -2.22. The highest BCUT2D eigenvalue weighted by Gasteiger charge is 2.27. The molecule has 0 radical (unpaired) electrons. The van der Waals surface area contributed by atoms with Gasteiger partial charge in [-0.3, -0.25) is 9.59 Å². The molecule has 130 valence electrons. The third-order valence-corrected chi connectivity index (χ3v) is 2.87. The van der Waals surface area contributed by atoms with Gasteiger partial charge in [-0.2, -0.15) is 0 Å². The lowest BCUT2D eigenvalue weighted by molar-refractivity contribution is -0.142. The number of cyclic esters (lactones) is 1. The summed E-state index contributed by atoms with van der Waals surface area (Å²) >= 11 is 0. The number of carboxylic acid groups (broad SMARTS) is 1. The number of aliphatic carboxylic acids is 1. The molecule has 1 saturated heterocycles. The molecule has 3 N–H and O–H groups in total. The minimum Gasteiger partial charge on any atom is -0.480 e. The molecule has 0 spiro atoms. The summed E-state index contributed by atoms with van der Waals surface area (Å²) in [6.07, 6.45) is -0.943. The molecule has 1 rings (SSSR count). The third-order valence-electron chi connectivity index (χ3n) is 2.87. The highest BCUT2D eigenvalue weighted by Crippen LogP contribution is 2.12. The number of nitrogens with one attached hydrogen (secondary N) is 2. The molecule has 1 aliphatic heterocycles. The van der Waals surface area contributed by atoms with Crippen LogP contribution in [-0.4, -0.2) is 53.3 Å². The third kappa shape index (κ3) is 7.48. The highest BCUT2D eigenvalue weighted by atomic mass is 16.6. The first-order valence-corrected chi connectivity index (χ1v) is 7.25. The van der Waals surface area contributed by atoms with E-state index in [-0.39, 0.29) is 12.5 Å². The number of hydrogen-bond acceptors (Lipinski definition) is 6. The van der Waals surface area contributed by atoms with Gasteiger partial charge in [0, 0.05) is 6.42 Å². The van der Waals surface area contributed by atoms with Gasteiger partial charge in [-0.05, 0) is 27.2 Å². The molecule has 0 aliphatic carbocycles. The van der Waals surface area contributed by atoms with Crippen molar-refractivity contribution in [3.8, 4) is 0 Å². The average Bonchev–Trinajstić information content (AvgIpc) is 2.79. The number of esters is 1. The van der Waals surface area contributed by atoms with Gasteiger partial charge in [0.2, 0.25) is 5.91 Å². The first kappa shape index (κ1) is 18.7. The number of carboxylic acids is 1. The molecule has 1 fully saturated rings. The molecule has 0 bridgehead atoms. The molecule has 0 aromatic heterocycles. The Morgan fingerprint density at radius 1 is 1.39 bits per heavy atom. The zero-order valence-electron chi connectivity index (χ0n) is 13.4. The normalized spacial score (nSPS) is 18.7. The van der Waals surface area contributed by atoms with Crippen molar-refractivity contribution in [1.29, 1.82) is 0 Å². The van der Waals surface area contributed by atoms with Crippen LogP contribution in [0.15, 0.2) is 0 Å². The van der Waals surface area contributed by atoms with Crippen molar-refractivity contribution >= 4 is 23.9 Å². The zero-order chi connectivity index (χ0) is 17.6. The second kappa shape index (κ2) is 7.80. The van der Waals surface area contributed by atoms with E-state index < -0.39 is 42.1 Å². The Morgan fingerprint density at radius 2 is 2.04 bits per heavy atom. The SMILES string of the molecule is CC(C)(C)OC(=O)N[C@@H](CC(=O)NC[C@@H]1CCC(=O)O1)C(=O)O. The largest absolute Gasteiger partial charge is 0.480 e. The van der Waals surface area contributed by atoms with Gasteiger partial charge in [-0.25, -0.2) is 9.59 Å². The van der Waals surface area contributed by atoms with E-state index in [4.69, 9.17) is 14.6 Å². The van der Waals surface area contributed by atoms with Crippen molar-refractivity contribution in [2.75, 3.05) is 6.54 Å². The minimum absolute atomic E-state index is 0.114. The lowest BCUT2D eigenvalue weighted by Crippen LogP contribution is -2.46. The fourth-order valence-corrected chi connectivity index (χ4v) is 1.86. The molecule has 0 aromatic carbocycles. The van der Waals surface area contributed by atoms with E-state index in [0.29, 0.717) is 12.8 Å². The number of amides is 2. The predicted octanol–water partition coefficient (Wildman–Crippen LogP) is 0.176. The van der Waals surface area contributed by atoms with Crippen LogP contribution in [0.4, 0.5) is 4.79 Å². The van der Waals surface area contributed by atoms with Gasteiger partial charge in [-0.1, -0.05) is 0 Å². The number of alkyl carbamates (subject to hydrolysis) is 1. The molecular weight excluding hydrogens is 308 g/mol. The summed E-state index contributed by atoms with van der Waals surface area (Å²) in [4.78, 5) is 45.4. The van der Waals surface area contributed by atoms with Crippen LogP contribution in [-0.2, 0) is 23.9 Å². The van der Waals surface area contributed by atoms with Gasteiger partial charge in [0.25, 0.3) is 0 Å². The highest BCUT2D eigenvalue weighted by molar-refractivity contribution is 5.87. The van der Waals surface area contributed by atoms with Gasteiger partial charge in [0.05, 0.1) is 13.0 Å².